The van der Waals surface area contributed by atoms with E-state index in [1.165, 1.54) is 7.11 Å². The van der Waals surface area contributed by atoms with Gasteiger partial charge in [-0.25, -0.2) is 4.79 Å². The third-order valence-corrected chi connectivity index (χ3v) is 3.25. The molecule has 1 aromatic rings. The first-order chi connectivity index (χ1) is 7.04. The van der Waals surface area contributed by atoms with Gasteiger partial charge in [-0.15, -0.1) is 0 Å². The molecule has 0 atom stereocenters. The number of carbonyl (C=O) groups is 1. The van der Waals surface area contributed by atoms with Crippen molar-refractivity contribution in [3.63, 3.8) is 0 Å². The molecule has 0 saturated carbocycles. The SMILES string of the molecule is COC(=O)COc1cc(C)c(Br)c(C)c1. The van der Waals surface area contributed by atoms with E-state index in [9.17, 15) is 4.79 Å². The first kappa shape index (κ1) is 12.0. The highest BCUT2D eigenvalue weighted by Gasteiger charge is 2.05. The second-order valence-corrected chi connectivity index (χ2v) is 4.03. The average molecular weight is 273 g/mol. The van der Waals surface area contributed by atoms with Gasteiger partial charge in [0.2, 0.25) is 0 Å². The van der Waals surface area contributed by atoms with Crippen LogP contribution in [0.4, 0.5) is 0 Å². The van der Waals surface area contributed by atoms with Crippen molar-refractivity contribution >= 4 is 21.9 Å². The molecule has 0 aliphatic heterocycles. The van der Waals surface area contributed by atoms with E-state index in [-0.39, 0.29) is 12.6 Å². The summed E-state index contributed by atoms with van der Waals surface area (Å²) >= 11 is 3.46. The van der Waals surface area contributed by atoms with Crippen molar-refractivity contribution in [2.45, 2.75) is 13.8 Å². The minimum atomic E-state index is -0.381. The summed E-state index contributed by atoms with van der Waals surface area (Å²) in [5.74, 6) is 0.298. The maximum Gasteiger partial charge on any atom is 0.343 e. The Morgan fingerprint density at radius 3 is 2.33 bits per heavy atom. The Morgan fingerprint density at radius 2 is 1.87 bits per heavy atom. The number of esters is 1. The summed E-state index contributed by atoms with van der Waals surface area (Å²) in [6, 6.07) is 3.75. The highest BCUT2D eigenvalue weighted by atomic mass is 79.9. The second kappa shape index (κ2) is 5.16. The van der Waals surface area contributed by atoms with E-state index in [2.05, 4.69) is 20.7 Å². The van der Waals surface area contributed by atoms with Crippen molar-refractivity contribution in [1.29, 1.82) is 0 Å². The number of hydrogen-bond acceptors (Lipinski definition) is 3. The molecule has 0 radical (unpaired) electrons. The van der Waals surface area contributed by atoms with Crippen LogP contribution in [-0.4, -0.2) is 19.7 Å². The van der Waals surface area contributed by atoms with Gasteiger partial charge in [-0.3, -0.25) is 0 Å². The normalized spacial score (nSPS) is 9.87. The lowest BCUT2D eigenvalue weighted by Gasteiger charge is -2.08. The monoisotopic (exact) mass is 272 g/mol. The van der Waals surface area contributed by atoms with Gasteiger partial charge in [-0.05, 0) is 37.1 Å². The zero-order valence-electron chi connectivity index (χ0n) is 8.96. The Bertz CT molecular complexity index is 351. The minimum absolute atomic E-state index is 0.0585. The van der Waals surface area contributed by atoms with Gasteiger partial charge in [0.1, 0.15) is 5.75 Å². The van der Waals surface area contributed by atoms with Crippen LogP contribution in [0.15, 0.2) is 16.6 Å². The maximum absolute atomic E-state index is 10.9. The predicted molar refractivity (Wildman–Crippen MR) is 61.1 cm³/mol. The third-order valence-electron chi connectivity index (χ3n) is 1.99. The topological polar surface area (TPSA) is 35.5 Å². The van der Waals surface area contributed by atoms with Crippen molar-refractivity contribution in [3.05, 3.63) is 27.7 Å². The molecule has 15 heavy (non-hydrogen) atoms. The van der Waals surface area contributed by atoms with Gasteiger partial charge < -0.3 is 9.47 Å². The van der Waals surface area contributed by atoms with Gasteiger partial charge in [0.25, 0.3) is 0 Å². The molecule has 0 amide bonds. The molecule has 0 saturated heterocycles. The van der Waals surface area contributed by atoms with E-state index in [4.69, 9.17) is 4.74 Å². The summed E-state index contributed by atoms with van der Waals surface area (Å²) in [6.45, 7) is 3.89. The lowest BCUT2D eigenvalue weighted by atomic mass is 10.1. The van der Waals surface area contributed by atoms with Crippen molar-refractivity contribution in [2.75, 3.05) is 13.7 Å². The molecule has 0 N–H and O–H groups in total. The van der Waals surface area contributed by atoms with Crippen LogP contribution >= 0.6 is 15.9 Å². The van der Waals surface area contributed by atoms with Crippen LogP contribution in [0.1, 0.15) is 11.1 Å². The molecule has 0 spiro atoms. The number of rotatable bonds is 3. The van der Waals surface area contributed by atoms with Crippen molar-refractivity contribution in [1.82, 2.24) is 0 Å². The Labute approximate surface area is 97.5 Å². The van der Waals surface area contributed by atoms with Crippen LogP contribution in [0.2, 0.25) is 0 Å². The molecule has 0 heterocycles. The molecule has 0 aliphatic rings. The minimum Gasteiger partial charge on any atom is -0.482 e. The van der Waals surface area contributed by atoms with Crippen molar-refractivity contribution in [3.8, 4) is 5.75 Å². The van der Waals surface area contributed by atoms with Gasteiger partial charge in [-0.2, -0.15) is 0 Å². The average Bonchev–Trinajstić information content (AvgIpc) is 2.22. The highest BCUT2D eigenvalue weighted by molar-refractivity contribution is 9.10. The zero-order valence-corrected chi connectivity index (χ0v) is 10.6. The molecule has 0 unspecified atom stereocenters. The molecule has 0 aliphatic carbocycles. The van der Waals surface area contributed by atoms with E-state index in [0.29, 0.717) is 5.75 Å². The summed E-state index contributed by atoms with van der Waals surface area (Å²) in [6.07, 6.45) is 0. The van der Waals surface area contributed by atoms with Gasteiger partial charge in [-0.1, -0.05) is 15.9 Å². The van der Waals surface area contributed by atoms with Crippen LogP contribution in [0, 0.1) is 13.8 Å². The smallest absolute Gasteiger partial charge is 0.343 e. The van der Waals surface area contributed by atoms with Gasteiger partial charge in [0, 0.05) is 4.47 Å². The predicted octanol–water partition coefficient (Wildman–Crippen LogP) is 2.62. The number of ether oxygens (including phenoxy) is 2. The lowest BCUT2D eigenvalue weighted by Crippen LogP contribution is -2.12. The standard InChI is InChI=1S/C11H13BrO3/c1-7-4-9(5-8(2)11(7)12)15-6-10(13)14-3/h4-5H,6H2,1-3H3. The maximum atomic E-state index is 10.9. The van der Waals surface area contributed by atoms with Crippen LogP contribution in [0.3, 0.4) is 0 Å². The van der Waals surface area contributed by atoms with Crippen LogP contribution in [0.25, 0.3) is 0 Å². The molecular formula is C11H13BrO3. The number of carbonyl (C=O) groups excluding carboxylic acids is 1. The third kappa shape index (κ3) is 3.23. The first-order valence-electron chi connectivity index (χ1n) is 4.51. The summed E-state index contributed by atoms with van der Waals surface area (Å²) in [5, 5.41) is 0. The lowest BCUT2D eigenvalue weighted by molar-refractivity contribution is -0.142. The van der Waals surface area contributed by atoms with E-state index in [1.54, 1.807) is 0 Å². The highest BCUT2D eigenvalue weighted by Crippen LogP contribution is 2.26. The first-order valence-corrected chi connectivity index (χ1v) is 5.30. The molecule has 0 aromatic heterocycles. The number of methoxy groups -OCH3 is 1. The number of benzene rings is 1. The second-order valence-electron chi connectivity index (χ2n) is 3.24. The molecule has 4 heteroatoms. The molecule has 0 bridgehead atoms. The number of hydrogen-bond donors (Lipinski definition) is 0. The van der Waals surface area contributed by atoms with E-state index in [1.807, 2.05) is 26.0 Å². The van der Waals surface area contributed by atoms with Gasteiger partial charge in [0.05, 0.1) is 7.11 Å². The molecule has 1 rings (SSSR count). The number of halogens is 1. The fraction of sp³-hybridized carbons (Fsp3) is 0.364. The van der Waals surface area contributed by atoms with Gasteiger partial charge in [0.15, 0.2) is 6.61 Å². The summed E-state index contributed by atoms with van der Waals surface area (Å²) in [4.78, 5) is 10.9. The van der Waals surface area contributed by atoms with Crippen LogP contribution < -0.4 is 4.74 Å². The quantitative estimate of drug-likeness (QED) is 0.794. The molecule has 1 aromatic carbocycles. The van der Waals surface area contributed by atoms with Crippen molar-refractivity contribution < 1.29 is 14.3 Å². The Kier molecular flexibility index (Phi) is 4.15. The van der Waals surface area contributed by atoms with Crippen molar-refractivity contribution in [2.24, 2.45) is 0 Å². The summed E-state index contributed by atoms with van der Waals surface area (Å²) in [5.41, 5.74) is 2.16. The van der Waals surface area contributed by atoms with E-state index >= 15 is 0 Å². The largest absolute Gasteiger partial charge is 0.482 e. The molecule has 3 nitrogen and oxygen atoms in total. The Morgan fingerprint density at radius 1 is 1.33 bits per heavy atom. The summed E-state index contributed by atoms with van der Waals surface area (Å²) in [7, 11) is 1.34. The fourth-order valence-corrected chi connectivity index (χ4v) is 1.42. The molecule has 82 valence electrons. The Hall–Kier alpha value is -1.03. The van der Waals surface area contributed by atoms with Crippen LogP contribution in [-0.2, 0) is 9.53 Å². The van der Waals surface area contributed by atoms with E-state index in [0.717, 1.165) is 15.6 Å². The number of aryl methyl sites for hydroxylation is 2. The Balaban J connectivity index is 2.75. The van der Waals surface area contributed by atoms with Gasteiger partial charge >= 0.3 is 5.97 Å². The zero-order chi connectivity index (χ0) is 11.4. The van der Waals surface area contributed by atoms with E-state index < -0.39 is 0 Å². The molecular weight excluding hydrogens is 260 g/mol. The van der Waals surface area contributed by atoms with Crippen LogP contribution in [0.5, 0.6) is 5.75 Å². The fourth-order valence-electron chi connectivity index (χ4n) is 1.19. The molecule has 0 fully saturated rings. The summed E-state index contributed by atoms with van der Waals surface area (Å²) < 4.78 is 10.8.